The Labute approximate surface area is 156 Å². The lowest BCUT2D eigenvalue weighted by atomic mass is 10.1. The molecular weight excluding hydrogens is 350 g/mol. The van der Waals surface area contributed by atoms with E-state index < -0.39 is 0 Å². The molecule has 0 saturated carbocycles. The lowest BCUT2D eigenvalue weighted by Crippen LogP contribution is -2.27. The number of nitrogens with zero attached hydrogens (tertiary/aromatic N) is 1. The molecule has 0 aliphatic carbocycles. The quantitative estimate of drug-likeness (QED) is 0.714. The molecule has 0 aromatic heterocycles. The number of hydrogen-bond acceptors (Lipinski definition) is 5. The first-order valence-corrected chi connectivity index (χ1v) is 8.99. The number of methoxy groups -OCH3 is 1. The monoisotopic (exact) mass is 369 g/mol. The van der Waals surface area contributed by atoms with Crippen LogP contribution in [-0.2, 0) is 4.79 Å². The van der Waals surface area contributed by atoms with Crippen LogP contribution >= 0.6 is 11.8 Å². The summed E-state index contributed by atoms with van der Waals surface area (Å²) in [4.78, 5) is 26.5. The molecule has 5 nitrogen and oxygen atoms in total. The van der Waals surface area contributed by atoms with Crippen molar-refractivity contribution >= 4 is 34.7 Å². The van der Waals surface area contributed by atoms with E-state index in [0.717, 1.165) is 17.3 Å². The molecule has 1 aliphatic rings. The smallest absolute Gasteiger partial charge is 0.298 e. The maximum atomic E-state index is 12.6. The van der Waals surface area contributed by atoms with Gasteiger partial charge in [-0.2, -0.15) is 0 Å². The third-order valence-corrected chi connectivity index (χ3v) is 4.53. The van der Waals surface area contributed by atoms with Gasteiger partial charge in [-0.05, 0) is 61.5 Å². The van der Waals surface area contributed by atoms with Crippen molar-refractivity contribution in [2.45, 2.75) is 20.0 Å². The maximum Gasteiger partial charge on any atom is 0.298 e. The molecule has 26 heavy (non-hydrogen) atoms. The largest absolute Gasteiger partial charge is 0.493 e. The molecule has 0 bridgehead atoms. The summed E-state index contributed by atoms with van der Waals surface area (Å²) in [6.45, 7) is 3.87. The number of anilines is 1. The van der Waals surface area contributed by atoms with E-state index in [9.17, 15) is 9.59 Å². The maximum absolute atomic E-state index is 12.6. The van der Waals surface area contributed by atoms with Gasteiger partial charge in [0.25, 0.3) is 11.1 Å². The van der Waals surface area contributed by atoms with E-state index >= 15 is 0 Å². The molecule has 1 aliphatic heterocycles. The zero-order chi connectivity index (χ0) is 18.7. The van der Waals surface area contributed by atoms with E-state index in [2.05, 4.69) is 0 Å². The minimum atomic E-state index is -0.326. The van der Waals surface area contributed by atoms with Gasteiger partial charge in [0.15, 0.2) is 11.5 Å². The van der Waals surface area contributed by atoms with Gasteiger partial charge in [-0.3, -0.25) is 9.59 Å². The normalized spacial score (nSPS) is 15.8. The van der Waals surface area contributed by atoms with Crippen LogP contribution in [0.15, 0.2) is 53.4 Å². The van der Waals surface area contributed by atoms with Gasteiger partial charge in [-0.1, -0.05) is 24.3 Å². The van der Waals surface area contributed by atoms with Gasteiger partial charge >= 0.3 is 0 Å². The summed E-state index contributed by atoms with van der Waals surface area (Å²) in [7, 11) is 1.57. The van der Waals surface area contributed by atoms with Crippen molar-refractivity contribution in [1.82, 2.24) is 0 Å². The van der Waals surface area contributed by atoms with Gasteiger partial charge in [0.05, 0.1) is 23.8 Å². The van der Waals surface area contributed by atoms with Crippen LogP contribution in [0.2, 0.25) is 0 Å². The number of imide groups is 1. The Hall–Kier alpha value is -2.73. The number of ether oxygens (including phenoxy) is 2. The van der Waals surface area contributed by atoms with Gasteiger partial charge in [0.2, 0.25) is 0 Å². The molecular formula is C20H19NO4S. The van der Waals surface area contributed by atoms with Crippen molar-refractivity contribution in [1.29, 1.82) is 0 Å². The standard InChI is InChI=1S/C20H19NO4S/c1-13(2)25-16-10-9-14(11-17(16)24-3)12-18-19(22)21(20(23)26-18)15-7-5-4-6-8-15/h4-13H,1-3H3/b18-12-. The molecule has 6 heteroatoms. The van der Waals surface area contributed by atoms with Crippen LogP contribution in [0.4, 0.5) is 10.5 Å². The Kier molecular flexibility index (Phi) is 5.32. The number of para-hydroxylation sites is 1. The summed E-state index contributed by atoms with van der Waals surface area (Å²) in [5.41, 5.74) is 1.33. The molecule has 1 heterocycles. The van der Waals surface area contributed by atoms with Crippen LogP contribution in [-0.4, -0.2) is 24.4 Å². The van der Waals surface area contributed by atoms with E-state index in [1.54, 1.807) is 49.6 Å². The van der Waals surface area contributed by atoms with Crippen molar-refractivity contribution in [3.05, 3.63) is 59.0 Å². The summed E-state index contributed by atoms with van der Waals surface area (Å²) < 4.78 is 11.1. The topological polar surface area (TPSA) is 55.8 Å². The number of benzene rings is 2. The van der Waals surface area contributed by atoms with Crippen molar-refractivity contribution < 1.29 is 19.1 Å². The van der Waals surface area contributed by atoms with Crippen LogP contribution in [0.3, 0.4) is 0 Å². The van der Waals surface area contributed by atoms with E-state index in [4.69, 9.17) is 9.47 Å². The van der Waals surface area contributed by atoms with Crippen LogP contribution in [0.1, 0.15) is 19.4 Å². The van der Waals surface area contributed by atoms with Crippen molar-refractivity contribution in [2.24, 2.45) is 0 Å². The van der Waals surface area contributed by atoms with E-state index in [1.807, 2.05) is 26.0 Å². The highest BCUT2D eigenvalue weighted by Crippen LogP contribution is 2.37. The van der Waals surface area contributed by atoms with Crippen LogP contribution < -0.4 is 14.4 Å². The zero-order valence-corrected chi connectivity index (χ0v) is 15.6. The molecule has 0 radical (unpaired) electrons. The summed E-state index contributed by atoms with van der Waals surface area (Å²) in [6, 6.07) is 14.3. The molecule has 2 aromatic rings. The Morgan fingerprint density at radius 3 is 2.42 bits per heavy atom. The highest BCUT2D eigenvalue weighted by atomic mass is 32.2. The Morgan fingerprint density at radius 2 is 1.77 bits per heavy atom. The predicted molar refractivity (Wildman–Crippen MR) is 104 cm³/mol. The first-order chi connectivity index (χ1) is 12.5. The molecule has 134 valence electrons. The van der Waals surface area contributed by atoms with Gasteiger partial charge in [0, 0.05) is 0 Å². The molecule has 0 atom stereocenters. The molecule has 2 aromatic carbocycles. The fourth-order valence-corrected chi connectivity index (χ4v) is 3.39. The van der Waals surface area contributed by atoms with Gasteiger partial charge < -0.3 is 9.47 Å². The number of thioether (sulfide) groups is 1. The summed E-state index contributed by atoms with van der Waals surface area (Å²) in [5, 5.41) is -0.306. The third kappa shape index (κ3) is 3.75. The van der Waals surface area contributed by atoms with E-state index in [1.165, 1.54) is 4.90 Å². The average Bonchev–Trinajstić information content (AvgIpc) is 2.90. The van der Waals surface area contributed by atoms with E-state index in [-0.39, 0.29) is 17.3 Å². The molecule has 0 spiro atoms. The van der Waals surface area contributed by atoms with Crippen molar-refractivity contribution in [3.63, 3.8) is 0 Å². The number of amides is 2. The zero-order valence-electron chi connectivity index (χ0n) is 14.8. The second-order valence-corrected chi connectivity index (χ2v) is 6.92. The average molecular weight is 369 g/mol. The highest BCUT2D eigenvalue weighted by molar-refractivity contribution is 8.19. The van der Waals surface area contributed by atoms with Crippen LogP contribution in [0, 0.1) is 0 Å². The van der Waals surface area contributed by atoms with Gasteiger partial charge in [-0.25, -0.2) is 4.90 Å². The number of rotatable bonds is 5. The fraction of sp³-hybridized carbons (Fsp3) is 0.200. The van der Waals surface area contributed by atoms with Crippen molar-refractivity contribution in [2.75, 3.05) is 12.0 Å². The summed E-state index contributed by atoms with van der Waals surface area (Å²) >= 11 is 0.926. The number of hydrogen-bond donors (Lipinski definition) is 0. The van der Waals surface area contributed by atoms with Crippen LogP contribution in [0.5, 0.6) is 11.5 Å². The molecule has 3 rings (SSSR count). The summed E-state index contributed by atoms with van der Waals surface area (Å²) in [5.74, 6) is 0.888. The van der Waals surface area contributed by atoms with Gasteiger partial charge in [-0.15, -0.1) is 0 Å². The number of carbonyl (C=O) groups excluding carboxylic acids is 2. The molecule has 0 unspecified atom stereocenters. The fourth-order valence-electron chi connectivity index (χ4n) is 2.54. The second-order valence-electron chi connectivity index (χ2n) is 5.93. The molecule has 2 amide bonds. The molecule has 0 N–H and O–H groups in total. The minimum Gasteiger partial charge on any atom is -0.493 e. The first-order valence-electron chi connectivity index (χ1n) is 8.17. The molecule has 1 saturated heterocycles. The Balaban J connectivity index is 1.89. The van der Waals surface area contributed by atoms with E-state index in [0.29, 0.717) is 22.1 Å². The lowest BCUT2D eigenvalue weighted by molar-refractivity contribution is -0.113. The summed E-state index contributed by atoms with van der Waals surface area (Å²) in [6.07, 6.45) is 1.72. The first kappa shape index (κ1) is 18.1. The Morgan fingerprint density at radius 1 is 1.04 bits per heavy atom. The highest BCUT2D eigenvalue weighted by Gasteiger charge is 2.36. The Bertz CT molecular complexity index is 861. The second kappa shape index (κ2) is 7.66. The number of carbonyl (C=O) groups is 2. The third-order valence-electron chi connectivity index (χ3n) is 3.66. The minimum absolute atomic E-state index is 0.0251. The SMILES string of the molecule is COc1cc(/C=C2\SC(=O)N(c3ccccc3)C2=O)ccc1OC(C)C. The van der Waals surface area contributed by atoms with Crippen molar-refractivity contribution in [3.8, 4) is 11.5 Å². The van der Waals surface area contributed by atoms with Crippen LogP contribution in [0.25, 0.3) is 6.08 Å². The predicted octanol–water partition coefficient (Wildman–Crippen LogP) is 4.72. The molecule has 1 fully saturated rings. The van der Waals surface area contributed by atoms with Gasteiger partial charge in [0.1, 0.15) is 0 Å². The lowest BCUT2D eigenvalue weighted by Gasteiger charge is -2.14.